The number of hydrogen-bond acceptors (Lipinski definition) is 16. The summed E-state index contributed by atoms with van der Waals surface area (Å²) in [5.41, 5.74) is 26.2. The van der Waals surface area contributed by atoms with Crippen LogP contribution in [0, 0.1) is 0 Å². The van der Waals surface area contributed by atoms with Crippen molar-refractivity contribution in [2.24, 2.45) is 28.7 Å². The summed E-state index contributed by atoms with van der Waals surface area (Å²) in [6.07, 6.45) is -6.13. The number of carbonyl (C=O) groups excluding carboxylic acids is 11. The van der Waals surface area contributed by atoms with Gasteiger partial charge in [0.05, 0.1) is 25.6 Å². The first kappa shape index (κ1) is 56.5. The first-order valence-corrected chi connectivity index (χ1v) is 19.0. The van der Waals surface area contributed by atoms with Crippen LogP contribution in [-0.4, -0.2) is 159 Å². The third-order valence-corrected chi connectivity index (χ3v) is 8.50. The fraction of sp³-hybridized carbons (Fsp3) is 0.588. The molecular weight excluding hydrogens is 864 g/mol. The van der Waals surface area contributed by atoms with E-state index in [9.17, 15) is 82.4 Å². The first-order valence-electron chi connectivity index (χ1n) is 19.0. The standard InChI is InChI=1S/C34H54N12O18/c35-14(1-6-21(36)48)28(57)42-15(2-7-22(37)49)29(58)40-12-25(52)41-16(4-9-26(53)54)30(59)46-20(13-47)33(62)45-19(11-24(39)51)32(61)43-17(3-8-23(38)50)31(60)44-18(34(63)64)5-10-27(55)56/h14-20,47H,1-13,35H2,(H2,36,48)(H2,37,49)(H2,38,50)(H2,39,51)(H,40,58)(H,41,52)(H,42,57)(H,43,61)(H,44,60)(H,45,62)(H,46,59)(H,53,54)(H,55,56)(H,63,64). The van der Waals surface area contributed by atoms with Gasteiger partial charge >= 0.3 is 17.9 Å². The van der Waals surface area contributed by atoms with Crippen molar-refractivity contribution in [3.8, 4) is 0 Å². The van der Waals surface area contributed by atoms with Gasteiger partial charge in [-0.1, -0.05) is 0 Å². The molecule has 64 heavy (non-hydrogen) atoms. The van der Waals surface area contributed by atoms with E-state index < -0.39 is 190 Å². The molecule has 0 heterocycles. The van der Waals surface area contributed by atoms with Crippen molar-refractivity contribution in [1.82, 2.24) is 37.2 Å². The molecule has 0 rings (SSSR count). The molecule has 0 aliphatic heterocycles. The largest absolute Gasteiger partial charge is 0.481 e. The minimum atomic E-state index is -2.01. The molecule has 0 saturated carbocycles. The molecule has 358 valence electrons. The Balaban J connectivity index is 6.08. The van der Waals surface area contributed by atoms with E-state index in [-0.39, 0.29) is 19.3 Å². The Hall–Kier alpha value is -7.50. The van der Waals surface area contributed by atoms with Gasteiger partial charge in [0.15, 0.2) is 0 Å². The predicted molar refractivity (Wildman–Crippen MR) is 210 cm³/mol. The Morgan fingerprint density at radius 2 is 0.766 bits per heavy atom. The summed E-state index contributed by atoms with van der Waals surface area (Å²) in [6.45, 7) is -2.17. The van der Waals surface area contributed by atoms with Crippen molar-refractivity contribution in [1.29, 1.82) is 0 Å². The quantitative estimate of drug-likeness (QED) is 0.0291. The zero-order valence-corrected chi connectivity index (χ0v) is 34.1. The van der Waals surface area contributed by atoms with Crippen LogP contribution >= 0.6 is 0 Å². The van der Waals surface area contributed by atoms with E-state index in [2.05, 4.69) is 21.3 Å². The summed E-state index contributed by atoms with van der Waals surface area (Å²) in [5.74, 6) is -16.8. The lowest BCUT2D eigenvalue weighted by Gasteiger charge is -2.26. The van der Waals surface area contributed by atoms with Crippen molar-refractivity contribution in [3.05, 3.63) is 0 Å². The lowest BCUT2D eigenvalue weighted by molar-refractivity contribution is -0.144. The Kier molecular flexibility index (Phi) is 25.5. The third kappa shape index (κ3) is 24.1. The van der Waals surface area contributed by atoms with E-state index in [0.717, 1.165) is 0 Å². The predicted octanol–water partition coefficient (Wildman–Crippen LogP) is -9.18. The molecule has 30 nitrogen and oxygen atoms in total. The normalized spacial score (nSPS) is 13.9. The van der Waals surface area contributed by atoms with E-state index in [0.29, 0.717) is 0 Å². The molecule has 21 N–H and O–H groups in total. The first-order chi connectivity index (χ1) is 29.8. The second kappa shape index (κ2) is 28.9. The van der Waals surface area contributed by atoms with Gasteiger partial charge in [0.25, 0.3) is 0 Å². The van der Waals surface area contributed by atoms with Crippen LogP contribution < -0.4 is 65.9 Å². The zero-order chi connectivity index (χ0) is 49.3. The Morgan fingerprint density at radius 1 is 0.406 bits per heavy atom. The molecule has 11 amide bonds. The van der Waals surface area contributed by atoms with Crippen molar-refractivity contribution < 1.29 is 87.5 Å². The number of carboxylic acid groups (broad SMARTS) is 3. The van der Waals surface area contributed by atoms with Crippen LogP contribution in [0.1, 0.15) is 70.6 Å². The molecule has 30 heteroatoms. The Labute approximate surface area is 362 Å². The van der Waals surface area contributed by atoms with Gasteiger partial charge in [0.2, 0.25) is 65.0 Å². The smallest absolute Gasteiger partial charge is 0.326 e. The van der Waals surface area contributed by atoms with Crippen molar-refractivity contribution in [3.63, 3.8) is 0 Å². The number of nitrogens with one attached hydrogen (secondary N) is 7. The molecule has 0 spiro atoms. The molecule has 0 aliphatic rings. The molecule has 0 aromatic carbocycles. The van der Waals surface area contributed by atoms with Crippen LogP contribution in [0.2, 0.25) is 0 Å². The van der Waals surface area contributed by atoms with Gasteiger partial charge in [-0.3, -0.25) is 62.3 Å². The van der Waals surface area contributed by atoms with Crippen LogP contribution in [0.5, 0.6) is 0 Å². The third-order valence-electron chi connectivity index (χ3n) is 8.50. The van der Waals surface area contributed by atoms with E-state index in [1.165, 1.54) is 0 Å². The number of aliphatic carboxylic acids is 3. The van der Waals surface area contributed by atoms with Crippen molar-refractivity contribution >= 4 is 82.9 Å². The van der Waals surface area contributed by atoms with Crippen LogP contribution in [0.25, 0.3) is 0 Å². The minimum absolute atomic E-state index is 0.201. The molecular formula is C34H54N12O18. The summed E-state index contributed by atoms with van der Waals surface area (Å²) in [7, 11) is 0. The van der Waals surface area contributed by atoms with Crippen molar-refractivity contribution in [2.75, 3.05) is 13.2 Å². The number of hydrogen-bond donors (Lipinski definition) is 16. The van der Waals surface area contributed by atoms with E-state index in [1.54, 1.807) is 0 Å². The maximum absolute atomic E-state index is 13.3. The van der Waals surface area contributed by atoms with Crippen LogP contribution in [-0.2, 0) is 67.1 Å². The van der Waals surface area contributed by atoms with Gasteiger partial charge in [0, 0.05) is 32.1 Å². The molecule has 7 atom stereocenters. The van der Waals surface area contributed by atoms with E-state index in [1.807, 2.05) is 16.0 Å². The number of primary amides is 4. The molecule has 0 saturated heterocycles. The van der Waals surface area contributed by atoms with Crippen LogP contribution in [0.15, 0.2) is 0 Å². The maximum Gasteiger partial charge on any atom is 0.326 e. The number of carbonyl (C=O) groups is 14. The lowest BCUT2D eigenvalue weighted by Crippen LogP contribution is -2.60. The highest BCUT2D eigenvalue weighted by molar-refractivity contribution is 5.98. The van der Waals surface area contributed by atoms with Gasteiger partial charge in [-0.25, -0.2) is 4.79 Å². The number of amides is 11. The number of nitrogens with two attached hydrogens (primary N) is 5. The highest BCUT2D eigenvalue weighted by Crippen LogP contribution is 2.06. The highest BCUT2D eigenvalue weighted by atomic mass is 16.4. The molecule has 0 fully saturated rings. The molecule has 0 aromatic rings. The van der Waals surface area contributed by atoms with Crippen molar-refractivity contribution in [2.45, 2.75) is 113 Å². The molecule has 0 aliphatic carbocycles. The van der Waals surface area contributed by atoms with Gasteiger partial charge in [-0.15, -0.1) is 0 Å². The topological polar surface area (TPSA) is 534 Å². The van der Waals surface area contributed by atoms with Gasteiger partial charge in [-0.2, -0.15) is 0 Å². The fourth-order valence-corrected chi connectivity index (χ4v) is 5.11. The van der Waals surface area contributed by atoms with Crippen LogP contribution in [0.3, 0.4) is 0 Å². The molecule has 0 radical (unpaired) electrons. The summed E-state index contributed by atoms with van der Waals surface area (Å²) in [4.78, 5) is 171. The zero-order valence-electron chi connectivity index (χ0n) is 34.1. The van der Waals surface area contributed by atoms with Gasteiger partial charge < -0.3 is 86.3 Å². The second-order valence-corrected chi connectivity index (χ2v) is 13.8. The maximum atomic E-state index is 13.3. The highest BCUT2D eigenvalue weighted by Gasteiger charge is 2.34. The number of carboxylic acids is 3. The Bertz CT molecular complexity index is 1780. The van der Waals surface area contributed by atoms with Crippen LogP contribution in [0.4, 0.5) is 0 Å². The van der Waals surface area contributed by atoms with Gasteiger partial charge in [-0.05, 0) is 32.1 Å². The lowest BCUT2D eigenvalue weighted by atomic mass is 10.1. The monoisotopic (exact) mass is 918 g/mol. The summed E-state index contributed by atoms with van der Waals surface area (Å²) >= 11 is 0. The van der Waals surface area contributed by atoms with E-state index in [4.69, 9.17) is 33.8 Å². The molecule has 0 bridgehead atoms. The number of aliphatic hydroxyl groups is 1. The second-order valence-electron chi connectivity index (χ2n) is 13.8. The number of rotatable bonds is 33. The average Bonchev–Trinajstić information content (AvgIpc) is 3.19. The molecule has 7 unspecified atom stereocenters. The van der Waals surface area contributed by atoms with Gasteiger partial charge in [0.1, 0.15) is 36.3 Å². The Morgan fingerprint density at radius 3 is 1.22 bits per heavy atom. The summed E-state index contributed by atoms with van der Waals surface area (Å²) < 4.78 is 0. The average molecular weight is 919 g/mol. The summed E-state index contributed by atoms with van der Waals surface area (Å²) in [5, 5.41) is 52.1. The fourth-order valence-electron chi connectivity index (χ4n) is 5.11. The van der Waals surface area contributed by atoms with E-state index >= 15 is 0 Å². The number of aliphatic hydroxyl groups excluding tert-OH is 1. The summed E-state index contributed by atoms with van der Waals surface area (Å²) in [6, 6.07) is -12.2. The SMILES string of the molecule is NC(=O)CCC(N)C(=O)NC(CCC(N)=O)C(=O)NCC(=O)NC(CCC(=O)O)C(=O)NC(CO)C(=O)NC(CC(N)=O)C(=O)NC(CCC(N)=O)C(=O)NC(CCC(=O)O)C(=O)O. The minimum Gasteiger partial charge on any atom is -0.481 e. The molecule has 0 aromatic heterocycles.